The Bertz CT molecular complexity index is 570. The summed E-state index contributed by atoms with van der Waals surface area (Å²) in [6, 6.07) is 0. The fourth-order valence-electron chi connectivity index (χ4n) is 4.70. The van der Waals surface area contributed by atoms with Gasteiger partial charge in [-0.2, -0.15) is 5.10 Å². The lowest BCUT2D eigenvalue weighted by Crippen LogP contribution is -2.35. The third-order valence-electron chi connectivity index (χ3n) is 6.26. The van der Waals surface area contributed by atoms with Crippen molar-refractivity contribution in [3.05, 3.63) is 11.6 Å². The molecule has 1 saturated heterocycles. The summed E-state index contributed by atoms with van der Waals surface area (Å²) in [6.45, 7) is 10.2. The van der Waals surface area contributed by atoms with Crippen molar-refractivity contribution in [3.63, 3.8) is 0 Å². The van der Waals surface area contributed by atoms with Gasteiger partial charge in [0.15, 0.2) is 5.82 Å². The molecule has 1 aromatic rings. The molecule has 134 valence electrons. The number of nitrogens with zero attached hydrogens (tertiary/aromatic N) is 3. The second-order valence-electron chi connectivity index (χ2n) is 8.09. The third kappa shape index (κ3) is 2.98. The number of aromatic amines is 1. The van der Waals surface area contributed by atoms with Gasteiger partial charge in [0, 0.05) is 30.8 Å². The Morgan fingerprint density at radius 2 is 1.96 bits per heavy atom. The summed E-state index contributed by atoms with van der Waals surface area (Å²) in [7, 11) is 0. The lowest BCUT2D eigenvalue weighted by Gasteiger charge is -2.28. The van der Waals surface area contributed by atoms with Gasteiger partial charge in [-0.3, -0.25) is 9.89 Å². The molecule has 1 unspecified atom stereocenters. The number of aromatic nitrogens is 3. The van der Waals surface area contributed by atoms with Gasteiger partial charge in [0.05, 0.1) is 0 Å². The van der Waals surface area contributed by atoms with E-state index in [0.717, 1.165) is 37.6 Å². The maximum Gasteiger partial charge on any atom is 0.225 e. The first-order valence-corrected chi connectivity index (χ1v) is 9.71. The first kappa shape index (κ1) is 17.4. The number of likely N-dealkylation sites (tertiary alicyclic amines) is 1. The minimum atomic E-state index is 0.170. The Morgan fingerprint density at radius 3 is 2.50 bits per heavy atom. The minimum Gasteiger partial charge on any atom is -0.341 e. The van der Waals surface area contributed by atoms with Crippen LogP contribution >= 0.6 is 0 Å². The first-order valence-electron chi connectivity index (χ1n) is 9.71. The number of H-pyrrole nitrogens is 1. The number of rotatable bonds is 5. The molecule has 1 aliphatic heterocycles. The van der Waals surface area contributed by atoms with Crippen LogP contribution < -0.4 is 0 Å². The molecule has 1 N–H and O–H groups in total. The van der Waals surface area contributed by atoms with E-state index < -0.39 is 0 Å². The van der Waals surface area contributed by atoms with Crippen LogP contribution in [0.25, 0.3) is 0 Å². The second-order valence-corrected chi connectivity index (χ2v) is 8.09. The summed E-state index contributed by atoms with van der Waals surface area (Å²) in [5, 5.41) is 7.61. The van der Waals surface area contributed by atoms with Crippen LogP contribution in [0.2, 0.25) is 0 Å². The molecule has 5 heteroatoms. The molecule has 3 rings (SSSR count). The first-order chi connectivity index (χ1) is 11.5. The second kappa shape index (κ2) is 6.85. The highest BCUT2D eigenvalue weighted by molar-refractivity contribution is 5.79. The van der Waals surface area contributed by atoms with Gasteiger partial charge in [-0.15, -0.1) is 0 Å². The molecule has 0 bridgehead atoms. The van der Waals surface area contributed by atoms with E-state index in [-0.39, 0.29) is 11.3 Å². The molecule has 2 heterocycles. The minimum absolute atomic E-state index is 0.170. The van der Waals surface area contributed by atoms with Crippen molar-refractivity contribution in [2.24, 2.45) is 11.3 Å². The summed E-state index contributed by atoms with van der Waals surface area (Å²) in [6.07, 6.45) is 6.83. The molecule has 1 spiro atoms. The van der Waals surface area contributed by atoms with Crippen molar-refractivity contribution in [1.29, 1.82) is 0 Å². The maximum absolute atomic E-state index is 12.9. The molecular weight excluding hydrogens is 300 g/mol. The zero-order chi connectivity index (χ0) is 17.3. The quantitative estimate of drug-likeness (QED) is 0.891. The molecule has 1 aliphatic carbocycles. The number of amides is 1. The fourth-order valence-corrected chi connectivity index (χ4v) is 4.70. The zero-order valence-corrected chi connectivity index (χ0v) is 15.6. The van der Waals surface area contributed by atoms with E-state index in [4.69, 9.17) is 4.98 Å². The molecule has 0 radical (unpaired) electrons. The summed E-state index contributed by atoms with van der Waals surface area (Å²) < 4.78 is 0. The predicted octanol–water partition coefficient (Wildman–Crippen LogP) is 3.85. The van der Waals surface area contributed by atoms with Crippen molar-refractivity contribution >= 4 is 5.91 Å². The van der Waals surface area contributed by atoms with Crippen molar-refractivity contribution < 1.29 is 4.79 Å². The smallest absolute Gasteiger partial charge is 0.225 e. The van der Waals surface area contributed by atoms with E-state index in [1.165, 1.54) is 25.7 Å². The largest absolute Gasteiger partial charge is 0.341 e. The average molecular weight is 332 g/mol. The number of carbonyl (C=O) groups excluding carboxylic acids is 1. The van der Waals surface area contributed by atoms with Crippen LogP contribution in [-0.4, -0.2) is 39.1 Å². The van der Waals surface area contributed by atoms with Crippen LogP contribution in [0.3, 0.4) is 0 Å². The summed E-state index contributed by atoms with van der Waals surface area (Å²) in [5.41, 5.74) is 0.218. The topological polar surface area (TPSA) is 61.9 Å². The Kier molecular flexibility index (Phi) is 4.97. The van der Waals surface area contributed by atoms with Gasteiger partial charge < -0.3 is 4.90 Å². The highest BCUT2D eigenvalue weighted by Crippen LogP contribution is 2.53. The molecule has 2 aliphatic rings. The van der Waals surface area contributed by atoms with Crippen LogP contribution in [0.5, 0.6) is 0 Å². The van der Waals surface area contributed by atoms with Gasteiger partial charge >= 0.3 is 0 Å². The molecule has 1 aromatic heterocycles. The van der Waals surface area contributed by atoms with E-state index in [1.54, 1.807) is 0 Å². The molecule has 1 saturated carbocycles. The Balaban J connectivity index is 1.85. The van der Waals surface area contributed by atoms with Crippen molar-refractivity contribution in [2.45, 2.75) is 78.1 Å². The lowest BCUT2D eigenvalue weighted by molar-refractivity contribution is -0.135. The monoisotopic (exact) mass is 332 g/mol. The average Bonchev–Trinajstić information content (AvgIpc) is 3.29. The van der Waals surface area contributed by atoms with Crippen molar-refractivity contribution in [1.82, 2.24) is 20.1 Å². The fraction of sp³-hybridized carbons (Fsp3) is 0.842. The number of nitrogens with one attached hydrogen (secondary N) is 1. The third-order valence-corrected chi connectivity index (χ3v) is 6.26. The molecule has 24 heavy (non-hydrogen) atoms. The maximum atomic E-state index is 12.9. The Morgan fingerprint density at radius 1 is 1.29 bits per heavy atom. The molecular formula is C19H32N4O. The van der Waals surface area contributed by atoms with Gasteiger partial charge in [0.1, 0.15) is 5.82 Å². The van der Waals surface area contributed by atoms with Crippen molar-refractivity contribution in [3.8, 4) is 0 Å². The number of hydrogen-bond acceptors (Lipinski definition) is 3. The molecule has 1 atom stereocenters. The Hall–Kier alpha value is -1.39. The van der Waals surface area contributed by atoms with Gasteiger partial charge in [0.25, 0.3) is 0 Å². The number of carbonyl (C=O) groups is 1. The highest BCUT2D eigenvalue weighted by atomic mass is 16.2. The number of hydrogen-bond donors (Lipinski definition) is 1. The zero-order valence-electron chi connectivity index (χ0n) is 15.6. The van der Waals surface area contributed by atoms with Crippen LogP contribution in [0.15, 0.2) is 0 Å². The van der Waals surface area contributed by atoms with Crippen LogP contribution in [0, 0.1) is 11.3 Å². The molecule has 5 nitrogen and oxygen atoms in total. The van der Waals surface area contributed by atoms with Gasteiger partial charge in [-0.25, -0.2) is 4.98 Å². The van der Waals surface area contributed by atoms with E-state index in [2.05, 4.69) is 42.8 Å². The van der Waals surface area contributed by atoms with Crippen LogP contribution in [0.4, 0.5) is 0 Å². The van der Waals surface area contributed by atoms with Crippen molar-refractivity contribution in [2.75, 3.05) is 13.1 Å². The predicted molar refractivity (Wildman–Crippen MR) is 94.8 cm³/mol. The van der Waals surface area contributed by atoms with E-state index in [1.807, 2.05) is 0 Å². The molecule has 1 amide bonds. The molecule has 2 fully saturated rings. The van der Waals surface area contributed by atoms with Gasteiger partial charge in [0.2, 0.25) is 5.91 Å². The Labute approximate surface area is 145 Å². The highest BCUT2D eigenvalue weighted by Gasteiger charge is 2.51. The van der Waals surface area contributed by atoms with Gasteiger partial charge in [-0.05, 0) is 31.1 Å². The van der Waals surface area contributed by atoms with E-state index in [9.17, 15) is 4.79 Å². The lowest BCUT2D eigenvalue weighted by atomic mass is 9.76. The van der Waals surface area contributed by atoms with E-state index >= 15 is 0 Å². The summed E-state index contributed by atoms with van der Waals surface area (Å²) in [5.74, 6) is 3.06. The normalized spacial score (nSPS) is 23.1. The molecule has 0 aromatic carbocycles. The van der Waals surface area contributed by atoms with Crippen LogP contribution in [-0.2, 0) is 4.79 Å². The standard InChI is InChI=1S/C19H32N4O/c1-5-14(6-2)18(24)23-11-15(19(12-23)9-7-8-10-19)17-20-16(13(3)4)21-22-17/h13-15H,5-12H2,1-4H3,(H,20,21,22). The van der Waals surface area contributed by atoms with E-state index in [0.29, 0.717) is 17.7 Å². The van der Waals surface area contributed by atoms with Crippen LogP contribution in [0.1, 0.15) is 89.7 Å². The SMILES string of the molecule is CCC(CC)C(=O)N1CC(c2nc(C(C)C)n[nH]2)C2(CCCC2)C1. The summed E-state index contributed by atoms with van der Waals surface area (Å²) in [4.78, 5) is 19.8. The van der Waals surface area contributed by atoms with Gasteiger partial charge in [-0.1, -0.05) is 40.5 Å². The summed E-state index contributed by atoms with van der Waals surface area (Å²) >= 11 is 0.